The number of hydrogen-bond donors (Lipinski definition) is 2. The number of nitrogens with zero attached hydrogens (tertiary/aromatic N) is 6. The lowest BCUT2D eigenvalue weighted by atomic mass is 10.2. The van der Waals surface area contributed by atoms with Crippen molar-refractivity contribution in [1.29, 1.82) is 5.26 Å². The molecule has 2 aliphatic rings. The van der Waals surface area contributed by atoms with Crippen molar-refractivity contribution in [3.63, 3.8) is 0 Å². The minimum Gasteiger partial charge on any atom is -0.381 e. The molecule has 9 heteroatoms. The zero-order valence-electron chi connectivity index (χ0n) is 15.2. The molecule has 2 aromatic heterocycles. The number of aromatic nitrogens is 4. The molecule has 1 saturated heterocycles. The van der Waals surface area contributed by atoms with Gasteiger partial charge in [0.15, 0.2) is 11.5 Å². The molecule has 1 saturated carbocycles. The van der Waals surface area contributed by atoms with Gasteiger partial charge in [-0.1, -0.05) is 0 Å². The lowest BCUT2D eigenvalue weighted by molar-refractivity contribution is -0.0241. The van der Waals surface area contributed by atoms with E-state index in [9.17, 15) is 0 Å². The van der Waals surface area contributed by atoms with Crippen LogP contribution in [0.15, 0.2) is 18.5 Å². The van der Waals surface area contributed by atoms with Crippen molar-refractivity contribution >= 4 is 17.3 Å². The Balaban J connectivity index is 1.37. The number of ether oxygens (including phenoxy) is 1. The smallest absolute Gasteiger partial charge is 0.158 e. The Morgan fingerprint density at radius 2 is 2.15 bits per heavy atom. The molecular weight excluding hydrogens is 344 g/mol. The molecule has 2 fully saturated rings. The molecule has 0 amide bonds. The van der Waals surface area contributed by atoms with E-state index < -0.39 is 0 Å². The summed E-state index contributed by atoms with van der Waals surface area (Å²) >= 11 is 0. The third-order valence-corrected chi connectivity index (χ3v) is 4.75. The van der Waals surface area contributed by atoms with E-state index in [0.29, 0.717) is 11.6 Å². The van der Waals surface area contributed by atoms with Crippen LogP contribution in [0.5, 0.6) is 0 Å². The molecule has 0 bridgehead atoms. The fourth-order valence-electron chi connectivity index (χ4n) is 3.14. The van der Waals surface area contributed by atoms with Crippen LogP contribution in [0.4, 0.5) is 17.3 Å². The van der Waals surface area contributed by atoms with Crippen molar-refractivity contribution in [1.82, 2.24) is 25.1 Å². The Labute approximate surface area is 157 Å². The number of nitriles is 1. The maximum Gasteiger partial charge on any atom is 0.158 e. The molecule has 4 rings (SSSR count). The van der Waals surface area contributed by atoms with Gasteiger partial charge in [0.05, 0.1) is 36.5 Å². The highest BCUT2D eigenvalue weighted by atomic mass is 16.5. The van der Waals surface area contributed by atoms with Crippen molar-refractivity contribution in [2.45, 2.75) is 31.9 Å². The Morgan fingerprint density at radius 3 is 2.89 bits per heavy atom. The number of hydrogen-bond acceptors (Lipinski definition) is 9. The van der Waals surface area contributed by atoms with E-state index in [-0.39, 0.29) is 11.8 Å². The fourth-order valence-corrected chi connectivity index (χ4v) is 3.14. The van der Waals surface area contributed by atoms with Crippen LogP contribution >= 0.6 is 0 Å². The van der Waals surface area contributed by atoms with Gasteiger partial charge in [0, 0.05) is 31.7 Å². The van der Waals surface area contributed by atoms with Gasteiger partial charge in [-0.05, 0) is 19.8 Å². The van der Waals surface area contributed by atoms with Crippen molar-refractivity contribution in [2.75, 3.05) is 36.9 Å². The Morgan fingerprint density at radius 1 is 1.26 bits per heavy atom. The topological polar surface area (TPSA) is 112 Å². The number of aryl methyl sites for hydroxylation is 1. The zero-order valence-corrected chi connectivity index (χ0v) is 15.2. The Bertz CT molecular complexity index is 830. The normalized spacial score (nSPS) is 20.1. The first-order valence-corrected chi connectivity index (χ1v) is 9.14. The Kier molecular flexibility index (Phi) is 5.09. The first-order chi connectivity index (χ1) is 13.2. The number of anilines is 3. The molecular formula is C18H22N8O. The lowest BCUT2D eigenvalue weighted by Gasteiger charge is -2.33. The van der Waals surface area contributed by atoms with Crippen molar-refractivity contribution in [3.8, 4) is 6.07 Å². The van der Waals surface area contributed by atoms with Crippen molar-refractivity contribution in [2.24, 2.45) is 0 Å². The van der Waals surface area contributed by atoms with E-state index >= 15 is 0 Å². The van der Waals surface area contributed by atoms with Gasteiger partial charge in [0.1, 0.15) is 11.9 Å². The summed E-state index contributed by atoms with van der Waals surface area (Å²) in [5.41, 5.74) is 1.99. The fraction of sp³-hybridized carbons (Fsp3) is 0.500. The van der Waals surface area contributed by atoms with Crippen molar-refractivity contribution in [3.05, 3.63) is 29.8 Å². The molecule has 0 radical (unpaired) electrons. The third-order valence-electron chi connectivity index (χ3n) is 4.75. The molecule has 2 N–H and O–H groups in total. The van der Waals surface area contributed by atoms with Gasteiger partial charge >= 0.3 is 0 Å². The molecule has 1 atom stereocenters. The van der Waals surface area contributed by atoms with E-state index in [2.05, 4.69) is 35.7 Å². The summed E-state index contributed by atoms with van der Waals surface area (Å²) in [7, 11) is 0. The third kappa shape index (κ3) is 4.48. The van der Waals surface area contributed by atoms with Gasteiger partial charge in [-0.2, -0.15) is 10.4 Å². The molecule has 0 unspecified atom stereocenters. The largest absolute Gasteiger partial charge is 0.381 e. The van der Waals surface area contributed by atoms with Crippen LogP contribution in [-0.2, 0) is 4.74 Å². The van der Waals surface area contributed by atoms with Gasteiger partial charge < -0.3 is 15.4 Å². The molecule has 0 aromatic carbocycles. The van der Waals surface area contributed by atoms with Gasteiger partial charge in [-0.25, -0.2) is 9.97 Å². The van der Waals surface area contributed by atoms with Crippen LogP contribution in [-0.4, -0.2) is 63.5 Å². The molecule has 3 heterocycles. The highest BCUT2D eigenvalue weighted by molar-refractivity contribution is 5.59. The summed E-state index contributed by atoms with van der Waals surface area (Å²) in [6.45, 7) is 5.45. The monoisotopic (exact) mass is 366 g/mol. The summed E-state index contributed by atoms with van der Waals surface area (Å²) in [6, 6.07) is 4.60. The molecule has 0 spiro atoms. The van der Waals surface area contributed by atoms with Gasteiger partial charge in [0.25, 0.3) is 0 Å². The summed E-state index contributed by atoms with van der Waals surface area (Å²) in [6.07, 6.45) is 5.72. The SMILES string of the molecule is Cc1nnc(Nc2cnc(C#N)cn2)cc1NC[C@H]1CN(C2CC2)CCO1. The first-order valence-electron chi connectivity index (χ1n) is 9.14. The summed E-state index contributed by atoms with van der Waals surface area (Å²) in [5.74, 6) is 1.07. The molecule has 9 nitrogen and oxygen atoms in total. The minimum atomic E-state index is 0.174. The lowest BCUT2D eigenvalue weighted by Crippen LogP contribution is -2.46. The second-order valence-corrected chi connectivity index (χ2v) is 6.85. The van der Waals surface area contributed by atoms with Crippen molar-refractivity contribution < 1.29 is 4.74 Å². The maximum atomic E-state index is 8.79. The summed E-state index contributed by atoms with van der Waals surface area (Å²) in [4.78, 5) is 10.7. The van der Waals surface area contributed by atoms with E-state index in [1.165, 1.54) is 25.2 Å². The second-order valence-electron chi connectivity index (χ2n) is 6.85. The van der Waals surface area contributed by atoms with Crippen LogP contribution in [0.2, 0.25) is 0 Å². The zero-order chi connectivity index (χ0) is 18.6. The molecule has 2 aromatic rings. The highest BCUT2D eigenvalue weighted by Crippen LogP contribution is 2.28. The predicted molar refractivity (Wildman–Crippen MR) is 99.6 cm³/mol. The van der Waals surface area contributed by atoms with Crippen LogP contribution in [0.1, 0.15) is 24.2 Å². The maximum absolute atomic E-state index is 8.79. The van der Waals surface area contributed by atoms with Gasteiger partial charge in [0.2, 0.25) is 0 Å². The molecule has 140 valence electrons. The van der Waals surface area contributed by atoms with Gasteiger partial charge in [-0.3, -0.25) is 4.90 Å². The average molecular weight is 366 g/mol. The molecule has 1 aliphatic carbocycles. The summed E-state index contributed by atoms with van der Waals surface area (Å²) in [5, 5.41) is 23.6. The van der Waals surface area contributed by atoms with E-state index in [1.807, 2.05) is 19.1 Å². The number of nitrogens with one attached hydrogen (secondary N) is 2. The van der Waals surface area contributed by atoms with Gasteiger partial charge in [-0.15, -0.1) is 5.10 Å². The average Bonchev–Trinajstić information content (AvgIpc) is 3.55. The quantitative estimate of drug-likeness (QED) is 0.784. The predicted octanol–water partition coefficient (Wildman–Crippen LogP) is 1.47. The van der Waals surface area contributed by atoms with E-state index in [0.717, 1.165) is 43.7 Å². The Hall–Kier alpha value is -2.83. The van der Waals surface area contributed by atoms with Crippen LogP contribution in [0.25, 0.3) is 0 Å². The molecule has 1 aliphatic heterocycles. The minimum absolute atomic E-state index is 0.174. The van der Waals surface area contributed by atoms with Crippen LogP contribution in [0, 0.1) is 18.3 Å². The molecule has 27 heavy (non-hydrogen) atoms. The number of rotatable bonds is 6. The van der Waals surface area contributed by atoms with E-state index in [1.54, 1.807) is 0 Å². The van der Waals surface area contributed by atoms with Crippen LogP contribution < -0.4 is 10.6 Å². The van der Waals surface area contributed by atoms with E-state index in [4.69, 9.17) is 10.00 Å². The van der Waals surface area contributed by atoms with Crippen LogP contribution in [0.3, 0.4) is 0 Å². The second kappa shape index (κ2) is 7.82. The highest BCUT2D eigenvalue weighted by Gasteiger charge is 2.32. The number of morpholine rings is 1. The standard InChI is InChI=1S/C18H22N8O/c1-12-16(21-9-15-11-26(4-5-27-15)14-2-3-14)6-17(25-24-12)23-18-10-20-13(7-19)8-22-18/h6,8,10,14-15H,2-5,9,11H2,1H3,(H2,21,22,23,25)/t15-/m0/s1. The first kappa shape index (κ1) is 17.6. The summed E-state index contributed by atoms with van der Waals surface area (Å²) < 4.78 is 5.90.